The van der Waals surface area contributed by atoms with Crippen LogP contribution in [0.15, 0.2) is 28.9 Å². The molecule has 0 saturated heterocycles. The molecule has 0 radical (unpaired) electrons. The smallest absolute Gasteiger partial charge is 0.224 e. The SMILES string of the molecule is CNc1nccc(Nc2cc(Br)c(F)cc2F)n1. The Bertz CT molecular complexity index is 577. The summed E-state index contributed by atoms with van der Waals surface area (Å²) in [5.74, 6) is -0.537. The molecule has 0 unspecified atom stereocenters. The molecule has 0 aliphatic rings. The van der Waals surface area contributed by atoms with E-state index in [-0.39, 0.29) is 10.2 Å². The van der Waals surface area contributed by atoms with E-state index in [0.717, 1.165) is 6.07 Å². The third-order valence-electron chi connectivity index (χ3n) is 2.15. The van der Waals surface area contributed by atoms with Gasteiger partial charge in [0, 0.05) is 19.3 Å². The Kier molecular flexibility index (Phi) is 3.71. The molecule has 0 atom stereocenters. The van der Waals surface area contributed by atoms with Crippen molar-refractivity contribution in [3.8, 4) is 0 Å². The zero-order valence-electron chi connectivity index (χ0n) is 9.34. The Balaban J connectivity index is 2.30. The summed E-state index contributed by atoms with van der Waals surface area (Å²) in [6.07, 6.45) is 1.53. The predicted molar refractivity (Wildman–Crippen MR) is 68.9 cm³/mol. The average Bonchev–Trinajstić information content (AvgIpc) is 2.36. The average molecular weight is 315 g/mol. The zero-order valence-corrected chi connectivity index (χ0v) is 10.9. The highest BCUT2D eigenvalue weighted by molar-refractivity contribution is 9.10. The Morgan fingerprint density at radius 2 is 2.00 bits per heavy atom. The first-order valence-electron chi connectivity index (χ1n) is 5.02. The number of rotatable bonds is 3. The fourth-order valence-electron chi connectivity index (χ4n) is 1.31. The standard InChI is InChI=1S/C11H9BrF2N4/c1-15-11-16-3-2-10(18-11)17-9-4-6(12)7(13)5-8(9)14/h2-5H,1H3,(H2,15,16,17,18). The normalized spacial score (nSPS) is 10.2. The van der Waals surface area contributed by atoms with Crippen molar-refractivity contribution in [2.75, 3.05) is 17.7 Å². The number of benzene rings is 1. The van der Waals surface area contributed by atoms with Gasteiger partial charge in [-0.1, -0.05) is 0 Å². The molecule has 2 N–H and O–H groups in total. The van der Waals surface area contributed by atoms with E-state index in [1.54, 1.807) is 13.1 Å². The molecule has 0 amide bonds. The second-order valence-electron chi connectivity index (χ2n) is 3.39. The first-order chi connectivity index (χ1) is 8.60. The van der Waals surface area contributed by atoms with E-state index in [1.165, 1.54) is 12.3 Å². The lowest BCUT2D eigenvalue weighted by molar-refractivity contribution is 0.581. The zero-order chi connectivity index (χ0) is 13.1. The van der Waals surface area contributed by atoms with Crippen molar-refractivity contribution >= 4 is 33.4 Å². The molecule has 0 bridgehead atoms. The number of nitrogens with one attached hydrogen (secondary N) is 2. The highest BCUT2D eigenvalue weighted by atomic mass is 79.9. The van der Waals surface area contributed by atoms with Crippen LogP contribution in [0.3, 0.4) is 0 Å². The number of anilines is 3. The van der Waals surface area contributed by atoms with Gasteiger partial charge in [-0.25, -0.2) is 13.8 Å². The third-order valence-corrected chi connectivity index (χ3v) is 2.76. The number of hydrogen-bond donors (Lipinski definition) is 2. The summed E-state index contributed by atoms with van der Waals surface area (Å²) in [7, 11) is 1.67. The van der Waals surface area contributed by atoms with Crippen molar-refractivity contribution in [2.24, 2.45) is 0 Å². The van der Waals surface area contributed by atoms with Crippen LogP contribution in [0, 0.1) is 11.6 Å². The Labute approximate surface area is 111 Å². The summed E-state index contributed by atoms with van der Waals surface area (Å²) < 4.78 is 26.8. The lowest BCUT2D eigenvalue weighted by Gasteiger charge is -2.08. The van der Waals surface area contributed by atoms with Crippen molar-refractivity contribution in [2.45, 2.75) is 0 Å². The van der Waals surface area contributed by atoms with Crippen LogP contribution in [-0.4, -0.2) is 17.0 Å². The molecule has 94 valence electrons. The molecule has 2 rings (SSSR count). The van der Waals surface area contributed by atoms with E-state index in [0.29, 0.717) is 11.8 Å². The van der Waals surface area contributed by atoms with Gasteiger partial charge in [0.25, 0.3) is 0 Å². The molecule has 4 nitrogen and oxygen atoms in total. The van der Waals surface area contributed by atoms with Gasteiger partial charge >= 0.3 is 0 Å². The maximum atomic E-state index is 13.5. The monoisotopic (exact) mass is 314 g/mol. The van der Waals surface area contributed by atoms with E-state index in [4.69, 9.17) is 0 Å². The summed E-state index contributed by atoms with van der Waals surface area (Å²) >= 11 is 2.99. The van der Waals surface area contributed by atoms with Crippen LogP contribution in [0.25, 0.3) is 0 Å². The van der Waals surface area contributed by atoms with Crippen LogP contribution in [0.1, 0.15) is 0 Å². The highest BCUT2D eigenvalue weighted by Crippen LogP contribution is 2.25. The van der Waals surface area contributed by atoms with Crippen molar-refractivity contribution < 1.29 is 8.78 Å². The van der Waals surface area contributed by atoms with Crippen LogP contribution in [0.2, 0.25) is 0 Å². The minimum Gasteiger partial charge on any atom is -0.357 e. The maximum Gasteiger partial charge on any atom is 0.224 e. The molecule has 18 heavy (non-hydrogen) atoms. The van der Waals surface area contributed by atoms with Crippen molar-refractivity contribution in [1.82, 2.24) is 9.97 Å². The van der Waals surface area contributed by atoms with Gasteiger partial charge in [-0.3, -0.25) is 0 Å². The van der Waals surface area contributed by atoms with Gasteiger partial charge in [0.05, 0.1) is 10.2 Å². The quantitative estimate of drug-likeness (QED) is 0.853. The second-order valence-corrected chi connectivity index (χ2v) is 4.24. The lowest BCUT2D eigenvalue weighted by atomic mass is 10.3. The van der Waals surface area contributed by atoms with Crippen molar-refractivity contribution in [3.63, 3.8) is 0 Å². The fourth-order valence-corrected chi connectivity index (χ4v) is 1.65. The van der Waals surface area contributed by atoms with Gasteiger partial charge in [0.2, 0.25) is 5.95 Å². The number of nitrogens with zero attached hydrogens (tertiary/aromatic N) is 2. The molecule has 0 aliphatic carbocycles. The summed E-state index contributed by atoms with van der Waals surface area (Å²) in [6, 6.07) is 3.69. The molecule has 1 aromatic heterocycles. The molecule has 1 aromatic carbocycles. The molecule has 2 aromatic rings. The Morgan fingerprint density at radius 1 is 1.22 bits per heavy atom. The molecule has 0 fully saturated rings. The molecule has 7 heteroatoms. The molecular formula is C11H9BrF2N4. The van der Waals surface area contributed by atoms with Gasteiger partial charge in [0.1, 0.15) is 17.5 Å². The van der Waals surface area contributed by atoms with E-state index < -0.39 is 11.6 Å². The minimum atomic E-state index is -0.694. The fraction of sp³-hybridized carbons (Fsp3) is 0.0909. The van der Waals surface area contributed by atoms with Gasteiger partial charge in [0.15, 0.2) is 0 Å². The number of aromatic nitrogens is 2. The van der Waals surface area contributed by atoms with E-state index in [9.17, 15) is 8.78 Å². The topological polar surface area (TPSA) is 49.8 Å². The Hall–Kier alpha value is -1.76. The summed E-state index contributed by atoms with van der Waals surface area (Å²) in [4.78, 5) is 8.00. The Morgan fingerprint density at radius 3 is 2.72 bits per heavy atom. The van der Waals surface area contributed by atoms with Gasteiger partial charge < -0.3 is 10.6 Å². The first-order valence-corrected chi connectivity index (χ1v) is 5.82. The molecule has 0 saturated carbocycles. The van der Waals surface area contributed by atoms with Gasteiger partial charge in [-0.05, 0) is 28.1 Å². The lowest BCUT2D eigenvalue weighted by Crippen LogP contribution is -2.01. The summed E-state index contributed by atoms with van der Waals surface area (Å²) in [5.41, 5.74) is 0.129. The van der Waals surface area contributed by atoms with E-state index in [1.807, 2.05) is 0 Å². The summed E-state index contributed by atoms with van der Waals surface area (Å²) in [6.45, 7) is 0. The molecule has 0 aliphatic heterocycles. The van der Waals surface area contributed by atoms with Crippen LogP contribution in [0.5, 0.6) is 0 Å². The third kappa shape index (κ3) is 2.73. The number of halogens is 3. The van der Waals surface area contributed by atoms with Crippen molar-refractivity contribution in [1.29, 1.82) is 0 Å². The second kappa shape index (κ2) is 5.26. The first kappa shape index (κ1) is 12.7. The minimum absolute atomic E-state index is 0.129. The van der Waals surface area contributed by atoms with E-state index >= 15 is 0 Å². The van der Waals surface area contributed by atoms with Gasteiger partial charge in [-0.2, -0.15) is 4.98 Å². The van der Waals surface area contributed by atoms with Crippen LogP contribution in [-0.2, 0) is 0 Å². The van der Waals surface area contributed by atoms with Crippen molar-refractivity contribution in [3.05, 3.63) is 40.5 Å². The predicted octanol–water partition coefficient (Wildman–Crippen LogP) is 3.30. The maximum absolute atomic E-state index is 13.5. The molecule has 1 heterocycles. The van der Waals surface area contributed by atoms with E-state index in [2.05, 4.69) is 36.5 Å². The largest absolute Gasteiger partial charge is 0.357 e. The van der Waals surface area contributed by atoms with Crippen LogP contribution in [0.4, 0.5) is 26.2 Å². The molecule has 0 spiro atoms. The molecular weight excluding hydrogens is 306 g/mol. The highest BCUT2D eigenvalue weighted by Gasteiger charge is 2.09. The van der Waals surface area contributed by atoms with Crippen LogP contribution >= 0.6 is 15.9 Å². The van der Waals surface area contributed by atoms with Crippen LogP contribution < -0.4 is 10.6 Å². The number of hydrogen-bond acceptors (Lipinski definition) is 4. The summed E-state index contributed by atoms with van der Waals surface area (Å²) in [5, 5.41) is 5.52. The van der Waals surface area contributed by atoms with Gasteiger partial charge in [-0.15, -0.1) is 0 Å².